The van der Waals surface area contributed by atoms with Gasteiger partial charge < -0.3 is 16.4 Å². The van der Waals surface area contributed by atoms with E-state index >= 15 is 0 Å². The number of carbonyl (C=O) groups excluding carboxylic acids is 1. The van der Waals surface area contributed by atoms with Crippen LogP contribution in [0.2, 0.25) is 0 Å². The highest BCUT2D eigenvalue weighted by Crippen LogP contribution is 2.11. The van der Waals surface area contributed by atoms with Crippen LogP contribution >= 0.6 is 0 Å². The molecular weight excluding hydrogens is 242 g/mol. The SMILES string of the molecule is N#CCCN/C=C(/C#N)C(=O)Nc1ccc(N)cc1. The average Bonchev–Trinajstić information content (AvgIpc) is 2.41. The molecule has 0 saturated carbocycles. The predicted molar refractivity (Wildman–Crippen MR) is 71.4 cm³/mol. The molecule has 6 heteroatoms. The Bertz CT molecular complexity index is 548. The smallest absolute Gasteiger partial charge is 0.267 e. The lowest BCUT2D eigenvalue weighted by Crippen LogP contribution is -2.17. The Morgan fingerprint density at radius 1 is 1.32 bits per heavy atom. The van der Waals surface area contributed by atoms with Gasteiger partial charge in [0.2, 0.25) is 0 Å². The summed E-state index contributed by atoms with van der Waals surface area (Å²) in [5.74, 6) is -0.517. The van der Waals surface area contributed by atoms with Crippen molar-refractivity contribution in [1.82, 2.24) is 5.32 Å². The van der Waals surface area contributed by atoms with E-state index in [0.717, 1.165) is 0 Å². The van der Waals surface area contributed by atoms with Gasteiger partial charge in [0.05, 0.1) is 12.5 Å². The number of nitriles is 2. The summed E-state index contributed by atoms with van der Waals surface area (Å²) in [7, 11) is 0. The van der Waals surface area contributed by atoms with Crippen molar-refractivity contribution >= 4 is 17.3 Å². The number of anilines is 2. The standard InChI is InChI=1S/C13H13N5O/c14-6-1-7-17-9-10(8-15)13(19)18-12-4-2-11(16)3-5-12/h2-5,9,17H,1,7,16H2,(H,18,19)/b10-9-. The first-order valence-electron chi connectivity index (χ1n) is 5.55. The Kier molecular flexibility index (Phi) is 5.45. The molecule has 4 N–H and O–H groups in total. The van der Waals surface area contributed by atoms with Crippen LogP contribution in [0.4, 0.5) is 11.4 Å². The fraction of sp³-hybridized carbons (Fsp3) is 0.154. The fourth-order valence-corrected chi connectivity index (χ4v) is 1.22. The molecule has 1 amide bonds. The first-order valence-corrected chi connectivity index (χ1v) is 5.55. The topological polar surface area (TPSA) is 115 Å². The number of nitrogens with zero attached hydrogens (tertiary/aromatic N) is 2. The number of nitrogens with two attached hydrogens (primary N) is 1. The van der Waals surface area contributed by atoms with Gasteiger partial charge in [-0.1, -0.05) is 0 Å². The molecule has 1 rings (SSSR count). The number of nitrogens with one attached hydrogen (secondary N) is 2. The van der Waals surface area contributed by atoms with Crippen molar-refractivity contribution in [3.8, 4) is 12.1 Å². The van der Waals surface area contributed by atoms with Crippen molar-refractivity contribution in [2.24, 2.45) is 0 Å². The molecule has 0 atom stereocenters. The minimum absolute atomic E-state index is 0.0604. The van der Waals surface area contributed by atoms with Gasteiger partial charge in [-0.05, 0) is 24.3 Å². The molecule has 0 radical (unpaired) electrons. The highest BCUT2D eigenvalue weighted by atomic mass is 16.1. The van der Waals surface area contributed by atoms with Crippen molar-refractivity contribution < 1.29 is 4.79 Å². The maximum absolute atomic E-state index is 11.8. The molecule has 0 heterocycles. The van der Waals surface area contributed by atoms with Gasteiger partial charge in [0.1, 0.15) is 11.6 Å². The zero-order valence-corrected chi connectivity index (χ0v) is 10.2. The maximum atomic E-state index is 11.8. The maximum Gasteiger partial charge on any atom is 0.267 e. The van der Waals surface area contributed by atoms with E-state index in [9.17, 15) is 4.79 Å². The Hall–Kier alpha value is -2.99. The van der Waals surface area contributed by atoms with E-state index in [-0.39, 0.29) is 5.57 Å². The molecule has 0 fully saturated rings. The van der Waals surface area contributed by atoms with Crippen LogP contribution in [0.15, 0.2) is 36.0 Å². The predicted octanol–water partition coefficient (Wildman–Crippen LogP) is 1.12. The molecule has 0 saturated heterocycles. The lowest BCUT2D eigenvalue weighted by atomic mass is 10.2. The van der Waals surface area contributed by atoms with E-state index in [0.29, 0.717) is 24.3 Å². The van der Waals surface area contributed by atoms with Gasteiger partial charge in [-0.25, -0.2) is 0 Å². The lowest BCUT2D eigenvalue weighted by molar-refractivity contribution is -0.112. The second-order valence-corrected chi connectivity index (χ2v) is 3.61. The van der Waals surface area contributed by atoms with Gasteiger partial charge in [0.15, 0.2) is 0 Å². The summed E-state index contributed by atoms with van der Waals surface area (Å²) in [4.78, 5) is 11.8. The van der Waals surface area contributed by atoms with Crippen LogP contribution in [0.5, 0.6) is 0 Å². The Labute approximate surface area is 111 Å². The molecule has 0 aromatic heterocycles. The number of carbonyl (C=O) groups is 1. The van der Waals surface area contributed by atoms with E-state index in [4.69, 9.17) is 16.3 Å². The highest BCUT2D eigenvalue weighted by Gasteiger charge is 2.08. The van der Waals surface area contributed by atoms with Gasteiger partial charge in [-0.2, -0.15) is 10.5 Å². The summed E-state index contributed by atoms with van der Waals surface area (Å²) in [6, 6.07) is 10.3. The highest BCUT2D eigenvalue weighted by molar-refractivity contribution is 6.06. The Morgan fingerprint density at radius 2 is 2.00 bits per heavy atom. The van der Waals surface area contributed by atoms with Gasteiger partial charge >= 0.3 is 0 Å². The van der Waals surface area contributed by atoms with Crippen LogP contribution < -0.4 is 16.4 Å². The minimum Gasteiger partial charge on any atom is -0.399 e. The molecule has 0 aliphatic heterocycles. The molecule has 0 aliphatic rings. The van der Waals surface area contributed by atoms with E-state index < -0.39 is 5.91 Å². The molecule has 0 spiro atoms. The third kappa shape index (κ3) is 4.80. The van der Waals surface area contributed by atoms with Crippen molar-refractivity contribution in [2.45, 2.75) is 6.42 Å². The summed E-state index contributed by atoms with van der Waals surface area (Å²) in [6.45, 7) is 0.386. The summed E-state index contributed by atoms with van der Waals surface area (Å²) < 4.78 is 0. The zero-order chi connectivity index (χ0) is 14.1. The van der Waals surface area contributed by atoms with Crippen LogP contribution in [0, 0.1) is 22.7 Å². The summed E-state index contributed by atoms with van der Waals surface area (Å²) >= 11 is 0. The number of hydrogen-bond donors (Lipinski definition) is 3. The van der Waals surface area contributed by atoms with Crippen LogP contribution in [0.1, 0.15) is 6.42 Å². The molecule has 0 unspecified atom stereocenters. The Balaban J connectivity index is 2.62. The van der Waals surface area contributed by atoms with Crippen molar-refractivity contribution in [3.63, 3.8) is 0 Å². The first kappa shape index (κ1) is 14.1. The minimum atomic E-state index is -0.517. The quantitative estimate of drug-likeness (QED) is 0.315. The van der Waals surface area contributed by atoms with E-state index in [1.807, 2.05) is 6.07 Å². The van der Waals surface area contributed by atoms with Crippen LogP contribution in [0.3, 0.4) is 0 Å². The third-order valence-electron chi connectivity index (χ3n) is 2.16. The van der Waals surface area contributed by atoms with Crippen LogP contribution in [0.25, 0.3) is 0 Å². The van der Waals surface area contributed by atoms with Gasteiger partial charge in [0, 0.05) is 24.1 Å². The number of nitrogen functional groups attached to an aromatic ring is 1. The normalized spacial score (nSPS) is 10.1. The molecule has 6 nitrogen and oxygen atoms in total. The van der Waals surface area contributed by atoms with Crippen molar-refractivity contribution in [3.05, 3.63) is 36.0 Å². The fourth-order valence-electron chi connectivity index (χ4n) is 1.22. The monoisotopic (exact) mass is 255 g/mol. The molecule has 96 valence electrons. The lowest BCUT2D eigenvalue weighted by Gasteiger charge is -2.04. The Morgan fingerprint density at radius 3 is 2.58 bits per heavy atom. The van der Waals surface area contributed by atoms with E-state index in [1.165, 1.54) is 6.20 Å². The van der Waals surface area contributed by atoms with Crippen LogP contribution in [-0.4, -0.2) is 12.5 Å². The largest absolute Gasteiger partial charge is 0.399 e. The second kappa shape index (κ2) is 7.36. The number of rotatable bonds is 5. The van der Waals surface area contributed by atoms with Crippen molar-refractivity contribution in [2.75, 3.05) is 17.6 Å². The van der Waals surface area contributed by atoms with E-state index in [2.05, 4.69) is 10.6 Å². The molecule has 0 bridgehead atoms. The number of hydrogen-bond acceptors (Lipinski definition) is 5. The first-order chi connectivity index (χ1) is 9.17. The molecule has 19 heavy (non-hydrogen) atoms. The molecular formula is C13H13N5O. The third-order valence-corrected chi connectivity index (χ3v) is 2.16. The average molecular weight is 255 g/mol. The second-order valence-electron chi connectivity index (χ2n) is 3.61. The van der Waals surface area contributed by atoms with Gasteiger partial charge in [-0.15, -0.1) is 0 Å². The summed E-state index contributed by atoms with van der Waals surface area (Å²) in [6.07, 6.45) is 1.60. The number of benzene rings is 1. The van der Waals surface area contributed by atoms with Crippen LogP contribution in [-0.2, 0) is 4.79 Å². The summed E-state index contributed by atoms with van der Waals surface area (Å²) in [5.41, 5.74) is 6.61. The number of amides is 1. The van der Waals surface area contributed by atoms with Gasteiger partial charge in [0.25, 0.3) is 5.91 Å². The molecule has 1 aromatic rings. The van der Waals surface area contributed by atoms with Gasteiger partial charge in [-0.3, -0.25) is 4.79 Å². The van der Waals surface area contributed by atoms with Crippen molar-refractivity contribution in [1.29, 1.82) is 10.5 Å². The van der Waals surface area contributed by atoms with E-state index in [1.54, 1.807) is 30.3 Å². The molecule has 1 aromatic carbocycles. The summed E-state index contributed by atoms with van der Waals surface area (Å²) in [5, 5.41) is 22.5. The zero-order valence-electron chi connectivity index (χ0n) is 10.2. The molecule has 0 aliphatic carbocycles.